The molecule has 0 radical (unpaired) electrons. The van der Waals surface area contributed by atoms with E-state index in [1.165, 1.54) is 6.26 Å². The quantitative estimate of drug-likeness (QED) is 0.659. The van der Waals surface area contributed by atoms with Crippen molar-refractivity contribution in [2.24, 2.45) is 11.8 Å². The Morgan fingerprint density at radius 1 is 1.06 bits per heavy atom. The summed E-state index contributed by atoms with van der Waals surface area (Å²) in [5, 5.41) is 0. The van der Waals surface area contributed by atoms with Crippen molar-refractivity contribution in [3.8, 4) is 11.5 Å². The molecule has 32 heavy (non-hydrogen) atoms. The van der Waals surface area contributed by atoms with Crippen molar-refractivity contribution in [1.29, 1.82) is 0 Å². The van der Waals surface area contributed by atoms with Crippen molar-refractivity contribution in [1.82, 2.24) is 9.80 Å². The van der Waals surface area contributed by atoms with Crippen LogP contribution >= 0.6 is 0 Å². The molecule has 3 fully saturated rings. The van der Waals surface area contributed by atoms with E-state index in [0.29, 0.717) is 18.2 Å². The summed E-state index contributed by atoms with van der Waals surface area (Å²) >= 11 is 0. The van der Waals surface area contributed by atoms with Gasteiger partial charge in [0.05, 0.1) is 39.1 Å². The van der Waals surface area contributed by atoms with Crippen LogP contribution in [0.15, 0.2) is 36.3 Å². The Balaban J connectivity index is 1.23. The highest BCUT2D eigenvalue weighted by atomic mass is 16.5. The number of methoxy groups -OCH3 is 1. The van der Waals surface area contributed by atoms with Crippen LogP contribution in [0.5, 0.6) is 11.5 Å². The molecule has 0 amide bonds. The molecular weight excluding hydrogens is 412 g/mol. The minimum Gasteiger partial charge on any atom is -0.493 e. The number of hydrogen-bond donors (Lipinski definition) is 0. The van der Waals surface area contributed by atoms with Crippen molar-refractivity contribution < 1.29 is 28.5 Å². The maximum Gasteiger partial charge on any atom is 0.208 e. The predicted molar refractivity (Wildman–Crippen MR) is 116 cm³/mol. The molecule has 1 saturated carbocycles. The molecule has 1 aromatic rings. The Morgan fingerprint density at radius 3 is 2.66 bits per heavy atom. The van der Waals surface area contributed by atoms with Gasteiger partial charge < -0.3 is 23.7 Å². The minimum absolute atomic E-state index is 0.0102. The van der Waals surface area contributed by atoms with Crippen LogP contribution in [-0.2, 0) is 19.0 Å². The highest BCUT2D eigenvalue weighted by Gasteiger charge is 2.49. The number of carbonyl (C=O) groups is 1. The molecule has 3 heterocycles. The van der Waals surface area contributed by atoms with E-state index < -0.39 is 0 Å². The summed E-state index contributed by atoms with van der Waals surface area (Å²) in [6.07, 6.45) is 3.10. The number of rotatable bonds is 6. The van der Waals surface area contributed by atoms with E-state index in [2.05, 4.69) is 9.80 Å². The summed E-state index contributed by atoms with van der Waals surface area (Å²) in [4.78, 5) is 18.0. The smallest absolute Gasteiger partial charge is 0.208 e. The molecule has 0 N–H and O–H groups in total. The van der Waals surface area contributed by atoms with E-state index in [9.17, 15) is 4.79 Å². The first-order valence-corrected chi connectivity index (χ1v) is 11.6. The molecule has 0 spiro atoms. The molecule has 0 aromatic heterocycles. The fraction of sp³-hybridized carbons (Fsp3) is 0.625. The van der Waals surface area contributed by atoms with Gasteiger partial charge in [-0.15, -0.1) is 0 Å². The van der Waals surface area contributed by atoms with E-state index >= 15 is 0 Å². The minimum atomic E-state index is -0.200. The topological polar surface area (TPSA) is 69.7 Å². The molecule has 4 aliphatic rings. The van der Waals surface area contributed by atoms with Crippen LogP contribution in [0, 0.1) is 11.8 Å². The number of Topliss-reactive ketones (excluding diaryl/α,β-unsaturated/α-hetero) is 1. The molecule has 3 aliphatic heterocycles. The standard InChI is InChI=1S/C24H32N2O6/c1-28-20-4-2-3-5-21(20)32-22-15-30-24-17(23(22)27)6-7-19-18(24)14-26(16-31-19)9-8-25-10-12-29-13-11-25/h2-5,15,17-19,24H,6-14,16H2,1H3. The number of ketones is 1. The lowest BCUT2D eigenvalue weighted by molar-refractivity contribution is -0.174. The van der Waals surface area contributed by atoms with Crippen LogP contribution in [0.25, 0.3) is 0 Å². The number of hydrogen-bond acceptors (Lipinski definition) is 8. The van der Waals surface area contributed by atoms with Crippen LogP contribution in [0.3, 0.4) is 0 Å². The average molecular weight is 445 g/mol. The molecule has 8 nitrogen and oxygen atoms in total. The number of allylic oxidation sites excluding steroid dienone is 1. The Morgan fingerprint density at radius 2 is 1.84 bits per heavy atom. The molecule has 5 rings (SSSR count). The van der Waals surface area contributed by atoms with Crippen molar-refractivity contribution in [2.45, 2.75) is 25.0 Å². The summed E-state index contributed by atoms with van der Waals surface area (Å²) in [6.45, 7) is 7.10. The monoisotopic (exact) mass is 444 g/mol. The first-order chi connectivity index (χ1) is 15.7. The van der Waals surface area contributed by atoms with Crippen LogP contribution in [0.2, 0.25) is 0 Å². The number of benzene rings is 1. The maximum absolute atomic E-state index is 13.3. The largest absolute Gasteiger partial charge is 0.493 e. The number of fused-ring (bicyclic) bond motifs is 3. The SMILES string of the molecule is COc1ccccc1OC1=COC2C(CCC3OCN(CCN4CCOCC4)CC32)C1=O. The highest BCUT2D eigenvalue weighted by Crippen LogP contribution is 2.41. The van der Waals surface area contributed by atoms with Gasteiger partial charge in [-0.1, -0.05) is 12.1 Å². The summed E-state index contributed by atoms with van der Waals surface area (Å²) < 4.78 is 29.0. The molecular formula is C24H32N2O6. The molecule has 4 unspecified atom stereocenters. The van der Waals surface area contributed by atoms with E-state index in [4.69, 9.17) is 23.7 Å². The van der Waals surface area contributed by atoms with Crippen molar-refractivity contribution in [2.75, 3.05) is 59.8 Å². The molecule has 174 valence electrons. The first kappa shape index (κ1) is 21.7. The number of para-hydroxylation sites is 2. The van der Waals surface area contributed by atoms with Crippen molar-refractivity contribution in [3.05, 3.63) is 36.3 Å². The van der Waals surface area contributed by atoms with Gasteiger partial charge in [-0.3, -0.25) is 14.6 Å². The molecule has 1 aromatic carbocycles. The Kier molecular flexibility index (Phi) is 6.64. The summed E-state index contributed by atoms with van der Waals surface area (Å²) in [7, 11) is 1.58. The van der Waals surface area contributed by atoms with Gasteiger partial charge in [0, 0.05) is 38.6 Å². The van der Waals surface area contributed by atoms with Crippen LogP contribution in [0.1, 0.15) is 12.8 Å². The van der Waals surface area contributed by atoms with Crippen LogP contribution < -0.4 is 9.47 Å². The van der Waals surface area contributed by atoms with Crippen LogP contribution in [0.4, 0.5) is 0 Å². The summed E-state index contributed by atoms with van der Waals surface area (Å²) in [6, 6.07) is 7.32. The fourth-order valence-electron chi connectivity index (χ4n) is 5.23. The lowest BCUT2D eigenvalue weighted by Gasteiger charge is -2.48. The van der Waals surface area contributed by atoms with Crippen molar-refractivity contribution >= 4 is 5.78 Å². The normalized spacial score (nSPS) is 31.2. The number of nitrogens with zero attached hydrogens (tertiary/aromatic N) is 2. The molecule has 2 saturated heterocycles. The van der Waals surface area contributed by atoms with Gasteiger partial charge in [0.2, 0.25) is 11.5 Å². The van der Waals surface area contributed by atoms with Gasteiger partial charge in [0.1, 0.15) is 12.4 Å². The fourth-order valence-corrected chi connectivity index (χ4v) is 5.23. The average Bonchev–Trinajstić information content (AvgIpc) is 2.85. The zero-order valence-corrected chi connectivity index (χ0v) is 18.6. The van der Waals surface area contributed by atoms with E-state index in [0.717, 1.165) is 58.8 Å². The zero-order valence-electron chi connectivity index (χ0n) is 18.6. The van der Waals surface area contributed by atoms with Gasteiger partial charge >= 0.3 is 0 Å². The second kappa shape index (κ2) is 9.79. The number of carbonyl (C=O) groups excluding carboxylic acids is 1. The number of ether oxygens (including phenoxy) is 5. The second-order valence-corrected chi connectivity index (χ2v) is 8.91. The highest BCUT2D eigenvalue weighted by molar-refractivity contribution is 5.96. The zero-order chi connectivity index (χ0) is 21.9. The van der Waals surface area contributed by atoms with Gasteiger partial charge in [0.15, 0.2) is 11.5 Å². The summed E-state index contributed by atoms with van der Waals surface area (Å²) in [5.41, 5.74) is 0. The first-order valence-electron chi connectivity index (χ1n) is 11.6. The lowest BCUT2D eigenvalue weighted by Crippen LogP contribution is -2.57. The Bertz CT molecular complexity index is 840. The second-order valence-electron chi connectivity index (χ2n) is 8.91. The third-order valence-electron chi connectivity index (χ3n) is 7.04. The van der Waals surface area contributed by atoms with Gasteiger partial charge in [0.25, 0.3) is 0 Å². The number of morpholine rings is 1. The Labute approximate surface area is 189 Å². The third kappa shape index (κ3) is 4.50. The molecule has 4 atom stereocenters. The maximum atomic E-state index is 13.3. The van der Waals surface area contributed by atoms with Crippen LogP contribution in [-0.4, -0.2) is 87.6 Å². The van der Waals surface area contributed by atoms with E-state index in [1.54, 1.807) is 13.2 Å². The van der Waals surface area contributed by atoms with Gasteiger partial charge in [-0.05, 0) is 25.0 Å². The predicted octanol–water partition coefficient (Wildman–Crippen LogP) is 1.90. The Hall–Kier alpha value is -2.13. The molecule has 8 heteroatoms. The van der Waals surface area contributed by atoms with E-state index in [-0.39, 0.29) is 35.6 Å². The van der Waals surface area contributed by atoms with Crippen molar-refractivity contribution in [3.63, 3.8) is 0 Å². The summed E-state index contributed by atoms with van der Waals surface area (Å²) in [5.74, 6) is 1.34. The third-order valence-corrected chi connectivity index (χ3v) is 7.04. The van der Waals surface area contributed by atoms with Gasteiger partial charge in [-0.2, -0.15) is 0 Å². The molecule has 0 bridgehead atoms. The van der Waals surface area contributed by atoms with Gasteiger partial charge in [-0.25, -0.2) is 0 Å². The lowest BCUT2D eigenvalue weighted by atomic mass is 9.73. The van der Waals surface area contributed by atoms with E-state index in [1.807, 2.05) is 18.2 Å². The molecule has 1 aliphatic carbocycles.